The normalized spacial score (nSPS) is 10.6. The number of methoxy groups -OCH3 is 1. The number of carbonyl (C=O) groups is 1. The number of hydrogen-bond acceptors (Lipinski definition) is 5. The van der Waals surface area contributed by atoms with E-state index in [4.69, 9.17) is 4.74 Å². The first-order valence-electron chi connectivity index (χ1n) is 5.05. The average molecular weight is 233 g/mol. The first kappa shape index (κ1) is 11.4. The van der Waals surface area contributed by atoms with Crippen LogP contribution in [0.3, 0.4) is 0 Å². The Kier molecular flexibility index (Phi) is 3.24. The van der Waals surface area contributed by atoms with E-state index in [0.29, 0.717) is 10.9 Å². The van der Waals surface area contributed by atoms with E-state index in [1.807, 2.05) is 0 Å². The highest BCUT2D eigenvalue weighted by Crippen LogP contribution is 2.03. The van der Waals surface area contributed by atoms with E-state index in [2.05, 4.69) is 10.3 Å². The summed E-state index contributed by atoms with van der Waals surface area (Å²) in [5.74, 6) is -0.223. The van der Waals surface area contributed by atoms with Crippen LogP contribution in [0.2, 0.25) is 0 Å². The number of ketones is 1. The maximum absolute atomic E-state index is 11.9. The summed E-state index contributed by atoms with van der Waals surface area (Å²) in [5.41, 5.74) is 0.202. The fourth-order valence-electron chi connectivity index (χ4n) is 1.50. The number of aromatic nitrogens is 3. The second-order valence-corrected chi connectivity index (χ2v) is 3.54. The van der Waals surface area contributed by atoms with Crippen molar-refractivity contribution >= 4 is 16.7 Å². The highest BCUT2D eigenvalue weighted by Gasteiger charge is 2.08. The van der Waals surface area contributed by atoms with Crippen LogP contribution in [0.25, 0.3) is 10.9 Å². The van der Waals surface area contributed by atoms with Gasteiger partial charge in [-0.3, -0.25) is 9.59 Å². The van der Waals surface area contributed by atoms with Gasteiger partial charge in [0, 0.05) is 7.11 Å². The van der Waals surface area contributed by atoms with Crippen LogP contribution in [0.1, 0.15) is 0 Å². The molecule has 0 N–H and O–H groups in total. The topological polar surface area (TPSA) is 74.1 Å². The molecule has 6 nitrogen and oxygen atoms in total. The van der Waals surface area contributed by atoms with Crippen LogP contribution in [-0.4, -0.2) is 34.5 Å². The summed E-state index contributed by atoms with van der Waals surface area (Å²) in [5, 5.41) is 8.03. The molecule has 0 spiro atoms. The molecule has 1 heterocycles. The van der Waals surface area contributed by atoms with Crippen LogP contribution < -0.4 is 5.56 Å². The molecule has 0 atom stereocenters. The van der Waals surface area contributed by atoms with Gasteiger partial charge in [0.2, 0.25) is 0 Å². The molecule has 0 saturated heterocycles. The van der Waals surface area contributed by atoms with Gasteiger partial charge in [-0.1, -0.05) is 17.3 Å². The number of nitrogens with zero attached hydrogens (tertiary/aromatic N) is 3. The Morgan fingerprint density at radius 3 is 2.94 bits per heavy atom. The first-order valence-corrected chi connectivity index (χ1v) is 5.05. The van der Waals surface area contributed by atoms with Crippen LogP contribution in [-0.2, 0) is 16.1 Å². The highest BCUT2D eigenvalue weighted by atomic mass is 16.5. The lowest BCUT2D eigenvalue weighted by Gasteiger charge is -2.03. The van der Waals surface area contributed by atoms with Crippen molar-refractivity contribution in [3.8, 4) is 0 Å². The molecule has 0 fully saturated rings. The summed E-state index contributed by atoms with van der Waals surface area (Å²) in [6.45, 7) is -0.161. The molecule has 0 radical (unpaired) electrons. The van der Waals surface area contributed by atoms with Gasteiger partial charge in [-0.25, -0.2) is 4.68 Å². The summed E-state index contributed by atoms with van der Waals surface area (Å²) in [4.78, 5) is 23.3. The summed E-state index contributed by atoms with van der Waals surface area (Å²) >= 11 is 0. The highest BCUT2D eigenvalue weighted by molar-refractivity contribution is 5.80. The van der Waals surface area contributed by atoms with Crippen molar-refractivity contribution in [2.75, 3.05) is 13.7 Å². The van der Waals surface area contributed by atoms with Crippen molar-refractivity contribution in [3.05, 3.63) is 34.6 Å². The predicted octanol–water partition coefficient (Wildman–Crippen LogP) is 0.00700. The molecule has 2 aromatic rings. The maximum Gasteiger partial charge on any atom is 0.278 e. The van der Waals surface area contributed by atoms with Crippen LogP contribution in [0.15, 0.2) is 29.1 Å². The molecule has 0 bridgehead atoms. The Morgan fingerprint density at radius 1 is 1.41 bits per heavy atom. The van der Waals surface area contributed by atoms with Gasteiger partial charge in [-0.05, 0) is 12.1 Å². The van der Waals surface area contributed by atoms with Crippen molar-refractivity contribution in [3.63, 3.8) is 0 Å². The minimum absolute atomic E-state index is 0.0407. The van der Waals surface area contributed by atoms with E-state index >= 15 is 0 Å². The van der Waals surface area contributed by atoms with Crippen molar-refractivity contribution in [2.45, 2.75) is 6.54 Å². The third-order valence-electron chi connectivity index (χ3n) is 2.26. The number of benzene rings is 1. The Hall–Kier alpha value is -2.08. The fraction of sp³-hybridized carbons (Fsp3) is 0.273. The van der Waals surface area contributed by atoms with Gasteiger partial charge < -0.3 is 4.74 Å². The van der Waals surface area contributed by atoms with Crippen molar-refractivity contribution in [1.29, 1.82) is 0 Å². The fourth-order valence-corrected chi connectivity index (χ4v) is 1.50. The predicted molar refractivity (Wildman–Crippen MR) is 60.7 cm³/mol. The molecule has 0 aliphatic rings. The minimum atomic E-state index is -0.319. The van der Waals surface area contributed by atoms with E-state index < -0.39 is 0 Å². The maximum atomic E-state index is 11.9. The molecule has 6 heteroatoms. The second kappa shape index (κ2) is 4.84. The quantitative estimate of drug-likeness (QED) is 0.743. The monoisotopic (exact) mass is 233 g/mol. The molecule has 0 unspecified atom stereocenters. The summed E-state index contributed by atoms with van der Waals surface area (Å²) < 4.78 is 5.74. The lowest BCUT2D eigenvalue weighted by atomic mass is 10.2. The van der Waals surface area contributed by atoms with Gasteiger partial charge in [0.25, 0.3) is 5.56 Å². The van der Waals surface area contributed by atoms with Gasteiger partial charge in [-0.15, -0.1) is 5.10 Å². The minimum Gasteiger partial charge on any atom is -0.377 e. The third kappa shape index (κ3) is 2.36. The molecule has 0 saturated carbocycles. The lowest BCUT2D eigenvalue weighted by Crippen LogP contribution is -2.29. The van der Waals surface area contributed by atoms with Gasteiger partial charge >= 0.3 is 0 Å². The zero-order chi connectivity index (χ0) is 12.3. The third-order valence-corrected chi connectivity index (χ3v) is 2.26. The number of carbonyl (C=O) groups excluding carboxylic acids is 1. The molecule has 88 valence electrons. The Labute approximate surface area is 96.8 Å². The van der Waals surface area contributed by atoms with Gasteiger partial charge in [0.15, 0.2) is 5.78 Å². The van der Waals surface area contributed by atoms with Gasteiger partial charge in [-0.2, -0.15) is 0 Å². The van der Waals surface area contributed by atoms with E-state index in [0.717, 1.165) is 4.68 Å². The van der Waals surface area contributed by atoms with E-state index in [9.17, 15) is 9.59 Å². The van der Waals surface area contributed by atoms with E-state index in [1.54, 1.807) is 24.3 Å². The van der Waals surface area contributed by atoms with Crippen molar-refractivity contribution in [2.24, 2.45) is 0 Å². The molecular formula is C11H11N3O3. The van der Waals surface area contributed by atoms with Crippen LogP contribution in [0.5, 0.6) is 0 Å². The zero-order valence-electron chi connectivity index (χ0n) is 9.29. The summed E-state index contributed by atoms with van der Waals surface area (Å²) in [6.07, 6.45) is 0. The summed E-state index contributed by atoms with van der Waals surface area (Å²) in [7, 11) is 1.42. The molecule has 17 heavy (non-hydrogen) atoms. The number of hydrogen-bond donors (Lipinski definition) is 0. The molecule has 1 aromatic heterocycles. The molecule has 2 rings (SSSR count). The smallest absolute Gasteiger partial charge is 0.278 e. The van der Waals surface area contributed by atoms with Crippen LogP contribution in [0, 0.1) is 0 Å². The first-order chi connectivity index (χ1) is 8.22. The van der Waals surface area contributed by atoms with Crippen molar-refractivity contribution in [1.82, 2.24) is 15.0 Å². The van der Waals surface area contributed by atoms with Gasteiger partial charge in [0.05, 0.1) is 5.39 Å². The number of rotatable bonds is 4. The number of Topliss-reactive ketones (excluding diaryl/α,β-unsaturated/α-hetero) is 1. The van der Waals surface area contributed by atoms with E-state index in [1.165, 1.54) is 7.11 Å². The largest absolute Gasteiger partial charge is 0.377 e. The lowest BCUT2D eigenvalue weighted by molar-refractivity contribution is -0.123. The Morgan fingerprint density at radius 2 is 2.18 bits per heavy atom. The number of fused-ring (bicyclic) bond motifs is 1. The van der Waals surface area contributed by atoms with Gasteiger partial charge in [0.1, 0.15) is 18.7 Å². The number of ether oxygens (including phenoxy) is 1. The Bertz CT molecular complexity index is 606. The molecule has 0 amide bonds. The van der Waals surface area contributed by atoms with Crippen molar-refractivity contribution < 1.29 is 9.53 Å². The average Bonchev–Trinajstić information content (AvgIpc) is 2.33. The van der Waals surface area contributed by atoms with E-state index in [-0.39, 0.29) is 24.5 Å². The zero-order valence-corrected chi connectivity index (χ0v) is 9.29. The second-order valence-electron chi connectivity index (χ2n) is 3.54. The molecule has 0 aliphatic heterocycles. The molecule has 0 aliphatic carbocycles. The molecule has 1 aromatic carbocycles. The standard InChI is InChI=1S/C11H11N3O3/c1-17-7-8(15)6-14-11(16)9-4-2-3-5-10(9)12-13-14/h2-5H,6-7H2,1H3. The Balaban J connectivity index is 2.39. The van der Waals surface area contributed by atoms with Crippen LogP contribution >= 0.6 is 0 Å². The molecular weight excluding hydrogens is 222 g/mol. The van der Waals surface area contributed by atoms with Crippen LogP contribution in [0.4, 0.5) is 0 Å². The summed E-state index contributed by atoms with van der Waals surface area (Å²) in [6, 6.07) is 6.87. The SMILES string of the molecule is COCC(=O)Cn1nnc2ccccc2c1=O.